The Morgan fingerprint density at radius 2 is 2.46 bits per heavy atom. The summed E-state index contributed by atoms with van der Waals surface area (Å²) < 4.78 is 5.13. The minimum atomic E-state index is -0.264. The SMILES string of the molecule is CCCC(OC)C(=O)c1ccsc1. The van der Waals surface area contributed by atoms with E-state index in [-0.39, 0.29) is 11.9 Å². The largest absolute Gasteiger partial charge is 0.373 e. The molecule has 0 radical (unpaired) electrons. The minimum absolute atomic E-state index is 0.102. The van der Waals surface area contributed by atoms with Gasteiger partial charge < -0.3 is 4.74 Å². The average molecular weight is 198 g/mol. The maximum atomic E-state index is 11.7. The van der Waals surface area contributed by atoms with Crippen LogP contribution in [0.4, 0.5) is 0 Å². The van der Waals surface area contributed by atoms with Gasteiger partial charge in [-0.15, -0.1) is 0 Å². The molecule has 72 valence electrons. The third-order valence-corrected chi connectivity index (χ3v) is 2.62. The summed E-state index contributed by atoms with van der Waals surface area (Å²) in [5.41, 5.74) is 0.769. The second-order valence-corrected chi connectivity index (χ2v) is 3.67. The summed E-state index contributed by atoms with van der Waals surface area (Å²) in [5, 5.41) is 3.77. The predicted molar refractivity (Wildman–Crippen MR) is 54.4 cm³/mol. The molecular formula is C10H14O2S. The maximum Gasteiger partial charge on any atom is 0.192 e. The van der Waals surface area contributed by atoms with Gasteiger partial charge in [0.15, 0.2) is 5.78 Å². The van der Waals surface area contributed by atoms with E-state index >= 15 is 0 Å². The Kier molecular flexibility index (Phi) is 4.12. The van der Waals surface area contributed by atoms with Gasteiger partial charge in [0.2, 0.25) is 0 Å². The number of hydrogen-bond acceptors (Lipinski definition) is 3. The molecule has 13 heavy (non-hydrogen) atoms. The van der Waals surface area contributed by atoms with E-state index < -0.39 is 0 Å². The van der Waals surface area contributed by atoms with E-state index in [0.717, 1.165) is 18.4 Å². The fourth-order valence-corrected chi connectivity index (χ4v) is 1.85. The average Bonchev–Trinajstić information content (AvgIpc) is 2.65. The Labute approximate surface area is 82.5 Å². The molecule has 2 nitrogen and oxygen atoms in total. The molecule has 0 fully saturated rings. The van der Waals surface area contributed by atoms with E-state index in [1.165, 1.54) is 11.3 Å². The van der Waals surface area contributed by atoms with E-state index in [4.69, 9.17) is 4.74 Å². The number of carbonyl (C=O) groups is 1. The highest BCUT2D eigenvalue weighted by Gasteiger charge is 2.18. The van der Waals surface area contributed by atoms with E-state index in [1.807, 2.05) is 23.8 Å². The molecule has 1 aromatic heterocycles. The Bertz CT molecular complexity index is 254. The van der Waals surface area contributed by atoms with Crippen LogP contribution in [-0.4, -0.2) is 19.0 Å². The van der Waals surface area contributed by atoms with Crippen LogP contribution in [0.1, 0.15) is 30.1 Å². The van der Waals surface area contributed by atoms with Gasteiger partial charge in [-0.05, 0) is 17.9 Å². The monoisotopic (exact) mass is 198 g/mol. The smallest absolute Gasteiger partial charge is 0.192 e. The first-order valence-electron chi connectivity index (χ1n) is 4.38. The van der Waals surface area contributed by atoms with Crippen LogP contribution in [0.5, 0.6) is 0 Å². The van der Waals surface area contributed by atoms with Crippen LogP contribution in [0.15, 0.2) is 16.8 Å². The van der Waals surface area contributed by atoms with Crippen molar-refractivity contribution in [3.8, 4) is 0 Å². The van der Waals surface area contributed by atoms with Crippen molar-refractivity contribution in [2.75, 3.05) is 7.11 Å². The second-order valence-electron chi connectivity index (χ2n) is 2.89. The minimum Gasteiger partial charge on any atom is -0.373 e. The van der Waals surface area contributed by atoms with Crippen LogP contribution in [0.2, 0.25) is 0 Å². The lowest BCUT2D eigenvalue weighted by Crippen LogP contribution is -2.22. The summed E-state index contributed by atoms with van der Waals surface area (Å²) in [7, 11) is 1.59. The normalized spacial score (nSPS) is 12.8. The molecule has 1 rings (SSSR count). The van der Waals surface area contributed by atoms with Crippen molar-refractivity contribution in [3.63, 3.8) is 0 Å². The lowest BCUT2D eigenvalue weighted by atomic mass is 10.1. The van der Waals surface area contributed by atoms with Gasteiger partial charge in [0.25, 0.3) is 0 Å². The summed E-state index contributed by atoms with van der Waals surface area (Å²) in [4.78, 5) is 11.7. The number of hydrogen-bond donors (Lipinski definition) is 0. The number of methoxy groups -OCH3 is 1. The van der Waals surface area contributed by atoms with Crippen molar-refractivity contribution in [1.82, 2.24) is 0 Å². The molecule has 0 aromatic carbocycles. The molecule has 0 bridgehead atoms. The first-order chi connectivity index (χ1) is 6.29. The molecule has 1 aromatic rings. The Morgan fingerprint density at radius 3 is 2.92 bits per heavy atom. The molecule has 0 aliphatic heterocycles. The number of thiophene rings is 1. The van der Waals surface area contributed by atoms with E-state index in [9.17, 15) is 4.79 Å². The van der Waals surface area contributed by atoms with Gasteiger partial charge in [0, 0.05) is 18.1 Å². The Hall–Kier alpha value is -0.670. The number of carbonyl (C=O) groups excluding carboxylic acids is 1. The van der Waals surface area contributed by atoms with Crippen LogP contribution in [0.25, 0.3) is 0 Å². The van der Waals surface area contributed by atoms with E-state index in [1.54, 1.807) is 7.11 Å². The van der Waals surface area contributed by atoms with Crippen molar-refractivity contribution >= 4 is 17.1 Å². The van der Waals surface area contributed by atoms with E-state index in [0.29, 0.717) is 0 Å². The Morgan fingerprint density at radius 1 is 1.69 bits per heavy atom. The van der Waals surface area contributed by atoms with Crippen molar-refractivity contribution in [2.45, 2.75) is 25.9 Å². The zero-order valence-electron chi connectivity index (χ0n) is 7.95. The highest BCUT2D eigenvalue weighted by Crippen LogP contribution is 2.13. The van der Waals surface area contributed by atoms with Gasteiger partial charge in [-0.1, -0.05) is 13.3 Å². The predicted octanol–water partition coefficient (Wildman–Crippen LogP) is 2.75. The number of ether oxygens (including phenoxy) is 1. The van der Waals surface area contributed by atoms with Crippen molar-refractivity contribution in [3.05, 3.63) is 22.4 Å². The van der Waals surface area contributed by atoms with Crippen LogP contribution >= 0.6 is 11.3 Å². The van der Waals surface area contributed by atoms with Gasteiger partial charge in [0.05, 0.1) is 0 Å². The van der Waals surface area contributed by atoms with Crippen molar-refractivity contribution < 1.29 is 9.53 Å². The molecular weight excluding hydrogens is 184 g/mol. The molecule has 0 spiro atoms. The first kappa shape index (κ1) is 10.4. The van der Waals surface area contributed by atoms with Crippen molar-refractivity contribution in [1.29, 1.82) is 0 Å². The number of rotatable bonds is 5. The molecule has 1 atom stereocenters. The highest BCUT2D eigenvalue weighted by atomic mass is 32.1. The lowest BCUT2D eigenvalue weighted by molar-refractivity contribution is 0.0579. The quantitative estimate of drug-likeness (QED) is 0.680. The second kappa shape index (κ2) is 5.14. The zero-order valence-corrected chi connectivity index (χ0v) is 8.76. The summed E-state index contributed by atoms with van der Waals surface area (Å²) in [6, 6.07) is 1.84. The molecule has 0 amide bonds. The third-order valence-electron chi connectivity index (χ3n) is 1.93. The molecule has 0 saturated carbocycles. The van der Waals surface area contributed by atoms with Gasteiger partial charge in [0.1, 0.15) is 6.10 Å². The van der Waals surface area contributed by atoms with Crippen LogP contribution in [0.3, 0.4) is 0 Å². The van der Waals surface area contributed by atoms with Gasteiger partial charge >= 0.3 is 0 Å². The molecule has 0 aliphatic rings. The summed E-state index contributed by atoms with van der Waals surface area (Å²) in [6.07, 6.45) is 1.50. The summed E-state index contributed by atoms with van der Waals surface area (Å²) in [6.45, 7) is 2.05. The zero-order chi connectivity index (χ0) is 9.68. The Balaban J connectivity index is 2.65. The molecule has 0 aliphatic carbocycles. The van der Waals surface area contributed by atoms with Gasteiger partial charge in [-0.3, -0.25) is 4.79 Å². The van der Waals surface area contributed by atoms with Crippen LogP contribution in [0, 0.1) is 0 Å². The number of Topliss-reactive ketones (excluding diaryl/α,β-unsaturated/α-hetero) is 1. The van der Waals surface area contributed by atoms with Crippen molar-refractivity contribution in [2.24, 2.45) is 0 Å². The summed E-state index contributed by atoms with van der Waals surface area (Å²) in [5.74, 6) is 0.102. The van der Waals surface area contributed by atoms with Gasteiger partial charge in [-0.25, -0.2) is 0 Å². The third kappa shape index (κ3) is 2.64. The van der Waals surface area contributed by atoms with Crippen LogP contribution in [-0.2, 0) is 4.74 Å². The van der Waals surface area contributed by atoms with Crippen LogP contribution < -0.4 is 0 Å². The van der Waals surface area contributed by atoms with Gasteiger partial charge in [-0.2, -0.15) is 11.3 Å². The first-order valence-corrected chi connectivity index (χ1v) is 5.33. The molecule has 0 saturated heterocycles. The molecule has 1 unspecified atom stereocenters. The maximum absolute atomic E-state index is 11.7. The lowest BCUT2D eigenvalue weighted by Gasteiger charge is -2.11. The summed E-state index contributed by atoms with van der Waals surface area (Å²) >= 11 is 1.54. The standard InChI is InChI=1S/C10H14O2S/c1-3-4-9(12-2)10(11)8-5-6-13-7-8/h5-7,9H,3-4H2,1-2H3. The fraction of sp³-hybridized carbons (Fsp3) is 0.500. The highest BCUT2D eigenvalue weighted by molar-refractivity contribution is 7.08. The topological polar surface area (TPSA) is 26.3 Å². The van der Waals surface area contributed by atoms with E-state index in [2.05, 4.69) is 0 Å². The molecule has 0 N–H and O–H groups in total. The fourth-order valence-electron chi connectivity index (χ4n) is 1.21. The molecule has 3 heteroatoms. The molecule has 1 heterocycles. The number of ketones is 1.